The maximum Gasteiger partial charge on any atom is 0.392 e. The second-order valence-corrected chi connectivity index (χ2v) is 4.37. The fourth-order valence-corrected chi connectivity index (χ4v) is 1.58. The van der Waals surface area contributed by atoms with Gasteiger partial charge in [-0.15, -0.1) is 0 Å². The van der Waals surface area contributed by atoms with Gasteiger partial charge in [-0.3, -0.25) is 0 Å². The Labute approximate surface area is 99.2 Å². The Bertz CT molecular complexity index is 346. The highest BCUT2D eigenvalue weighted by Crippen LogP contribution is 2.25. The van der Waals surface area contributed by atoms with Crippen LogP contribution in [0.25, 0.3) is 0 Å². The lowest BCUT2D eigenvalue weighted by Crippen LogP contribution is -2.34. The third-order valence-electron chi connectivity index (χ3n) is 2.79. The largest absolute Gasteiger partial charge is 0.392 e. The highest BCUT2D eigenvalue weighted by Gasteiger charge is 2.36. The summed E-state index contributed by atoms with van der Waals surface area (Å²) in [5.41, 5.74) is 0. The topological polar surface area (TPSA) is 21.1 Å². The molecule has 0 unspecified atom stereocenters. The second-order valence-electron chi connectivity index (χ2n) is 4.37. The van der Waals surface area contributed by atoms with Crippen LogP contribution in [0.5, 0.6) is 0 Å². The van der Waals surface area contributed by atoms with E-state index < -0.39 is 12.1 Å². The third kappa shape index (κ3) is 4.38. The maximum absolute atomic E-state index is 12.3. The van der Waals surface area contributed by atoms with Crippen molar-refractivity contribution in [3.8, 4) is 0 Å². The molecule has 17 heavy (non-hydrogen) atoms. The van der Waals surface area contributed by atoms with Gasteiger partial charge >= 0.3 is 6.18 Å². The van der Waals surface area contributed by atoms with Gasteiger partial charge in [0.05, 0.1) is 5.92 Å². The van der Waals surface area contributed by atoms with Crippen LogP contribution in [0.1, 0.15) is 12.7 Å². The van der Waals surface area contributed by atoms with Gasteiger partial charge in [-0.1, -0.05) is 6.92 Å². The molecule has 0 amide bonds. The summed E-state index contributed by atoms with van der Waals surface area (Å²) in [6, 6.07) is 0. The molecule has 0 fully saturated rings. The molecule has 3 nitrogen and oxygen atoms in total. The Balaban J connectivity index is 2.36. The zero-order valence-electron chi connectivity index (χ0n) is 10.3. The predicted molar refractivity (Wildman–Crippen MR) is 59.7 cm³/mol. The van der Waals surface area contributed by atoms with Crippen molar-refractivity contribution >= 4 is 0 Å². The van der Waals surface area contributed by atoms with Crippen molar-refractivity contribution in [3.05, 3.63) is 18.2 Å². The number of likely N-dealkylation sites (N-methyl/N-ethyl adjacent to an activating group) is 1. The first-order valence-electron chi connectivity index (χ1n) is 5.53. The van der Waals surface area contributed by atoms with Crippen molar-refractivity contribution in [2.45, 2.75) is 26.6 Å². The lowest BCUT2D eigenvalue weighted by Gasteiger charge is -2.23. The molecule has 0 N–H and O–H groups in total. The highest BCUT2D eigenvalue weighted by atomic mass is 19.4. The fraction of sp³-hybridized carbons (Fsp3) is 0.727. The predicted octanol–water partition coefficient (Wildman–Crippen LogP) is 2.32. The fourth-order valence-electron chi connectivity index (χ4n) is 1.58. The average molecular weight is 249 g/mol. The lowest BCUT2D eigenvalue weighted by molar-refractivity contribution is -0.173. The van der Waals surface area contributed by atoms with E-state index in [0.29, 0.717) is 13.1 Å². The van der Waals surface area contributed by atoms with Crippen molar-refractivity contribution in [1.82, 2.24) is 14.5 Å². The standard InChI is InChI=1S/C11H18F3N3/c1-9(11(12,13)14)8-16(3)6-7-17-5-4-15-10(17)2/h4-5,9H,6-8H2,1-3H3/t9-/m1/s1. The summed E-state index contributed by atoms with van der Waals surface area (Å²) in [6.45, 7) is 4.35. The molecule has 1 aromatic rings. The molecule has 1 rings (SSSR count). The number of nitrogens with zero attached hydrogens (tertiary/aromatic N) is 3. The highest BCUT2D eigenvalue weighted by molar-refractivity contribution is 4.88. The van der Waals surface area contributed by atoms with Crippen LogP contribution in [0.4, 0.5) is 13.2 Å². The van der Waals surface area contributed by atoms with Gasteiger partial charge in [0, 0.05) is 32.0 Å². The van der Waals surface area contributed by atoms with Gasteiger partial charge in [-0.25, -0.2) is 4.98 Å². The summed E-state index contributed by atoms with van der Waals surface area (Å²) in [5.74, 6) is -0.418. The molecule has 98 valence electrons. The van der Waals surface area contributed by atoms with Crippen LogP contribution in [0, 0.1) is 12.8 Å². The van der Waals surface area contributed by atoms with Crippen LogP contribution in [0.3, 0.4) is 0 Å². The van der Waals surface area contributed by atoms with E-state index in [9.17, 15) is 13.2 Å². The van der Waals surface area contributed by atoms with Crippen LogP contribution in [-0.4, -0.2) is 40.8 Å². The normalized spacial score (nSPS) is 14.3. The zero-order valence-corrected chi connectivity index (χ0v) is 10.3. The molecule has 0 saturated heterocycles. The number of hydrogen-bond acceptors (Lipinski definition) is 2. The molecule has 1 atom stereocenters. The summed E-state index contributed by atoms with van der Waals surface area (Å²) in [6.07, 6.45) is -0.594. The summed E-state index contributed by atoms with van der Waals surface area (Å²) in [7, 11) is 1.70. The molecule has 0 spiro atoms. The number of imidazole rings is 1. The molecule has 0 aromatic carbocycles. The molecular weight excluding hydrogens is 231 g/mol. The summed E-state index contributed by atoms with van der Waals surface area (Å²) < 4.78 is 39.0. The summed E-state index contributed by atoms with van der Waals surface area (Å²) in [5, 5.41) is 0. The van der Waals surface area contributed by atoms with Crippen LogP contribution in [0.2, 0.25) is 0 Å². The van der Waals surface area contributed by atoms with Crippen LogP contribution < -0.4 is 0 Å². The van der Waals surface area contributed by atoms with Gasteiger partial charge in [0.1, 0.15) is 5.82 Å². The van der Waals surface area contributed by atoms with Crippen LogP contribution in [0.15, 0.2) is 12.4 Å². The van der Waals surface area contributed by atoms with E-state index in [2.05, 4.69) is 4.98 Å². The Morgan fingerprint density at radius 3 is 2.59 bits per heavy atom. The average Bonchev–Trinajstić information content (AvgIpc) is 2.59. The molecule has 1 aromatic heterocycles. The molecule has 0 bridgehead atoms. The Morgan fingerprint density at radius 1 is 1.47 bits per heavy atom. The molecule has 1 heterocycles. The van der Waals surface area contributed by atoms with Crippen molar-refractivity contribution in [1.29, 1.82) is 0 Å². The van der Waals surface area contributed by atoms with Gasteiger partial charge in [0.15, 0.2) is 0 Å². The SMILES string of the molecule is Cc1nccn1CCN(C)C[C@@H](C)C(F)(F)F. The molecule has 0 radical (unpaired) electrons. The molecule has 0 aliphatic rings. The van der Waals surface area contributed by atoms with E-state index in [0.717, 1.165) is 5.82 Å². The number of aryl methyl sites for hydroxylation is 1. The Kier molecular flexibility index (Phi) is 4.56. The van der Waals surface area contributed by atoms with Crippen molar-refractivity contribution < 1.29 is 13.2 Å². The number of hydrogen-bond donors (Lipinski definition) is 0. The van der Waals surface area contributed by atoms with Gasteiger partial charge < -0.3 is 9.47 Å². The zero-order chi connectivity index (χ0) is 13.1. The molecule has 6 heteroatoms. The maximum atomic E-state index is 12.3. The van der Waals surface area contributed by atoms with Gasteiger partial charge in [0.2, 0.25) is 0 Å². The molecule has 0 aliphatic heterocycles. The van der Waals surface area contributed by atoms with Gasteiger partial charge in [-0.05, 0) is 14.0 Å². The van der Waals surface area contributed by atoms with Crippen molar-refractivity contribution in [2.24, 2.45) is 5.92 Å². The van der Waals surface area contributed by atoms with Crippen molar-refractivity contribution in [3.63, 3.8) is 0 Å². The third-order valence-corrected chi connectivity index (χ3v) is 2.79. The van der Waals surface area contributed by atoms with Gasteiger partial charge in [-0.2, -0.15) is 13.2 Å². The minimum atomic E-state index is -4.11. The smallest absolute Gasteiger partial charge is 0.334 e. The first kappa shape index (κ1) is 14.0. The molecule has 0 aliphatic carbocycles. The van der Waals surface area contributed by atoms with E-state index >= 15 is 0 Å². The summed E-state index contributed by atoms with van der Waals surface area (Å²) >= 11 is 0. The van der Waals surface area contributed by atoms with E-state index in [1.807, 2.05) is 17.7 Å². The first-order valence-corrected chi connectivity index (χ1v) is 5.53. The lowest BCUT2D eigenvalue weighted by atomic mass is 10.1. The minimum Gasteiger partial charge on any atom is -0.334 e. The Morgan fingerprint density at radius 2 is 2.12 bits per heavy atom. The quantitative estimate of drug-likeness (QED) is 0.798. The van der Waals surface area contributed by atoms with Crippen LogP contribution >= 0.6 is 0 Å². The number of rotatable bonds is 5. The Hall–Kier alpha value is -1.04. The molecular formula is C11H18F3N3. The van der Waals surface area contributed by atoms with Gasteiger partial charge in [0.25, 0.3) is 0 Å². The number of halogens is 3. The number of aromatic nitrogens is 2. The van der Waals surface area contributed by atoms with E-state index in [-0.39, 0.29) is 6.54 Å². The van der Waals surface area contributed by atoms with E-state index in [1.165, 1.54) is 6.92 Å². The van der Waals surface area contributed by atoms with E-state index in [4.69, 9.17) is 0 Å². The monoisotopic (exact) mass is 249 g/mol. The first-order chi connectivity index (χ1) is 7.80. The van der Waals surface area contributed by atoms with E-state index in [1.54, 1.807) is 18.1 Å². The minimum absolute atomic E-state index is 0.0250. The summed E-state index contributed by atoms with van der Waals surface area (Å²) in [4.78, 5) is 5.75. The number of alkyl halides is 3. The second kappa shape index (κ2) is 5.53. The van der Waals surface area contributed by atoms with Crippen molar-refractivity contribution in [2.75, 3.05) is 20.1 Å². The molecule has 0 saturated carbocycles. The van der Waals surface area contributed by atoms with Crippen LogP contribution in [-0.2, 0) is 6.54 Å².